The van der Waals surface area contributed by atoms with Crippen molar-refractivity contribution in [1.82, 2.24) is 10.2 Å². The Morgan fingerprint density at radius 1 is 0.955 bits per heavy atom. The summed E-state index contributed by atoms with van der Waals surface area (Å²) < 4.78 is 37.6. The summed E-state index contributed by atoms with van der Waals surface area (Å²) in [4.78, 5) is 0. The molecule has 6 heteroatoms. The van der Waals surface area contributed by atoms with Gasteiger partial charge in [-0.25, -0.2) is 8.78 Å². The van der Waals surface area contributed by atoms with Crippen LogP contribution in [0.25, 0.3) is 22.5 Å². The first-order chi connectivity index (χ1) is 10.7. The Morgan fingerprint density at radius 3 is 2.73 bits per heavy atom. The van der Waals surface area contributed by atoms with Gasteiger partial charge in [-0.3, -0.25) is 5.10 Å². The third-order valence-corrected chi connectivity index (χ3v) is 3.46. The third-order valence-electron chi connectivity index (χ3n) is 3.46. The van der Waals surface area contributed by atoms with Crippen molar-refractivity contribution in [1.29, 1.82) is 0 Å². The van der Waals surface area contributed by atoms with Crippen LogP contribution < -0.4 is 9.47 Å². The maximum Gasteiger partial charge on any atom is 0.231 e. The molecular formula is C16H10F2N2O2. The lowest BCUT2D eigenvalue weighted by Gasteiger charge is -2.00. The second kappa shape index (κ2) is 4.84. The van der Waals surface area contributed by atoms with E-state index < -0.39 is 11.6 Å². The molecule has 22 heavy (non-hydrogen) atoms. The molecule has 1 aromatic heterocycles. The molecule has 0 atom stereocenters. The van der Waals surface area contributed by atoms with Gasteiger partial charge in [-0.2, -0.15) is 5.10 Å². The maximum atomic E-state index is 13.8. The molecule has 3 aromatic rings. The molecule has 0 saturated carbocycles. The smallest absolute Gasteiger partial charge is 0.231 e. The highest BCUT2D eigenvalue weighted by Gasteiger charge is 2.16. The lowest BCUT2D eigenvalue weighted by atomic mass is 10.1. The molecule has 4 rings (SSSR count). The van der Waals surface area contributed by atoms with E-state index in [1.807, 2.05) is 6.07 Å². The highest BCUT2D eigenvalue weighted by Crippen LogP contribution is 2.36. The molecule has 0 saturated heterocycles. The van der Waals surface area contributed by atoms with Gasteiger partial charge in [0.2, 0.25) is 6.79 Å². The first-order valence-electron chi connectivity index (χ1n) is 6.61. The fourth-order valence-electron chi connectivity index (χ4n) is 2.37. The van der Waals surface area contributed by atoms with Crippen LogP contribution >= 0.6 is 0 Å². The number of nitrogens with one attached hydrogen (secondary N) is 1. The van der Waals surface area contributed by atoms with Gasteiger partial charge in [0, 0.05) is 11.1 Å². The number of aromatic amines is 1. The quantitative estimate of drug-likeness (QED) is 0.784. The van der Waals surface area contributed by atoms with Crippen LogP contribution in [0.5, 0.6) is 11.5 Å². The lowest BCUT2D eigenvalue weighted by Crippen LogP contribution is -1.92. The summed E-state index contributed by atoms with van der Waals surface area (Å²) in [6, 6.07) is 10.4. The number of H-pyrrole nitrogens is 1. The van der Waals surface area contributed by atoms with Crippen LogP contribution in [0.1, 0.15) is 0 Å². The van der Waals surface area contributed by atoms with Gasteiger partial charge in [0.05, 0.1) is 11.4 Å². The van der Waals surface area contributed by atoms with Crippen LogP contribution in [0.4, 0.5) is 8.78 Å². The van der Waals surface area contributed by atoms with Gasteiger partial charge < -0.3 is 9.47 Å². The van der Waals surface area contributed by atoms with Crippen molar-refractivity contribution in [2.24, 2.45) is 0 Å². The van der Waals surface area contributed by atoms with E-state index in [4.69, 9.17) is 9.47 Å². The van der Waals surface area contributed by atoms with Crippen LogP contribution in [0, 0.1) is 11.6 Å². The number of benzene rings is 2. The Balaban J connectivity index is 1.74. The van der Waals surface area contributed by atoms with Gasteiger partial charge >= 0.3 is 0 Å². The highest BCUT2D eigenvalue weighted by atomic mass is 19.1. The summed E-state index contributed by atoms with van der Waals surface area (Å²) in [7, 11) is 0. The molecule has 1 N–H and O–H groups in total. The van der Waals surface area contributed by atoms with Gasteiger partial charge in [-0.1, -0.05) is 0 Å². The molecule has 0 aliphatic carbocycles. The van der Waals surface area contributed by atoms with Crippen LogP contribution in [0.15, 0.2) is 42.5 Å². The van der Waals surface area contributed by atoms with E-state index in [9.17, 15) is 8.78 Å². The molecule has 0 spiro atoms. The predicted molar refractivity (Wildman–Crippen MR) is 75.5 cm³/mol. The van der Waals surface area contributed by atoms with E-state index in [2.05, 4.69) is 10.2 Å². The van der Waals surface area contributed by atoms with Crippen molar-refractivity contribution in [3.05, 3.63) is 54.1 Å². The number of halogens is 2. The third kappa shape index (κ3) is 2.09. The molecule has 1 aliphatic rings. The Kier molecular flexibility index (Phi) is 2.82. The van der Waals surface area contributed by atoms with E-state index >= 15 is 0 Å². The highest BCUT2D eigenvalue weighted by molar-refractivity contribution is 5.70. The largest absolute Gasteiger partial charge is 0.454 e. The fraction of sp³-hybridized carbons (Fsp3) is 0.0625. The maximum absolute atomic E-state index is 13.8. The minimum Gasteiger partial charge on any atom is -0.454 e. The normalized spacial score (nSPS) is 12.6. The molecule has 4 nitrogen and oxygen atoms in total. The summed E-state index contributed by atoms with van der Waals surface area (Å²) in [6.07, 6.45) is 0. The average molecular weight is 300 g/mol. The first kappa shape index (κ1) is 12.8. The summed E-state index contributed by atoms with van der Waals surface area (Å²) in [5, 5.41) is 6.88. The van der Waals surface area contributed by atoms with Crippen molar-refractivity contribution in [2.45, 2.75) is 0 Å². The number of nitrogens with zero attached hydrogens (tertiary/aromatic N) is 1. The fourth-order valence-corrected chi connectivity index (χ4v) is 2.37. The van der Waals surface area contributed by atoms with Crippen LogP contribution in [-0.4, -0.2) is 17.0 Å². The van der Waals surface area contributed by atoms with E-state index in [1.54, 1.807) is 18.2 Å². The zero-order valence-electron chi connectivity index (χ0n) is 11.3. The summed E-state index contributed by atoms with van der Waals surface area (Å²) in [5.41, 5.74) is 1.95. The number of hydrogen-bond donors (Lipinski definition) is 1. The number of aromatic nitrogens is 2. The Hall–Kier alpha value is -2.89. The predicted octanol–water partition coefficient (Wildman–Crippen LogP) is 3.75. The SMILES string of the molecule is Fc1ccc(F)c(-c2cc(-c3ccc4c(c3)OCO4)n[nH]2)c1. The van der Waals surface area contributed by atoms with E-state index in [-0.39, 0.29) is 12.4 Å². The molecule has 110 valence electrons. The Labute approximate surface area is 124 Å². The number of fused-ring (bicyclic) bond motifs is 1. The molecule has 2 aromatic carbocycles. The summed E-state index contributed by atoms with van der Waals surface area (Å²) >= 11 is 0. The molecule has 1 aliphatic heterocycles. The zero-order chi connectivity index (χ0) is 15.1. The molecule has 0 bridgehead atoms. The van der Waals surface area contributed by atoms with Gasteiger partial charge in [-0.05, 0) is 42.5 Å². The van der Waals surface area contributed by atoms with Gasteiger partial charge in [0.15, 0.2) is 11.5 Å². The Bertz CT molecular complexity index is 861. The minimum absolute atomic E-state index is 0.138. The monoisotopic (exact) mass is 300 g/mol. The standard InChI is InChI=1S/C16H10F2N2O2/c17-10-2-3-12(18)11(6-10)14-7-13(19-20-14)9-1-4-15-16(5-9)22-8-21-15/h1-7H,8H2,(H,19,20). The molecule has 0 fully saturated rings. The van der Waals surface area contributed by atoms with Crippen molar-refractivity contribution < 1.29 is 18.3 Å². The van der Waals surface area contributed by atoms with Crippen molar-refractivity contribution >= 4 is 0 Å². The Morgan fingerprint density at radius 2 is 1.82 bits per heavy atom. The molecule has 0 amide bonds. The second-order valence-corrected chi connectivity index (χ2v) is 4.86. The molecule has 0 unspecified atom stereocenters. The second-order valence-electron chi connectivity index (χ2n) is 4.86. The van der Waals surface area contributed by atoms with Gasteiger partial charge in [-0.15, -0.1) is 0 Å². The summed E-state index contributed by atoms with van der Waals surface area (Å²) in [5.74, 6) is 0.299. The van der Waals surface area contributed by atoms with E-state index in [0.717, 1.165) is 23.8 Å². The van der Waals surface area contributed by atoms with Gasteiger partial charge in [0.25, 0.3) is 0 Å². The topological polar surface area (TPSA) is 47.1 Å². The molecular weight excluding hydrogens is 290 g/mol. The van der Waals surface area contributed by atoms with Crippen LogP contribution in [-0.2, 0) is 0 Å². The lowest BCUT2D eigenvalue weighted by molar-refractivity contribution is 0.174. The van der Waals surface area contributed by atoms with Gasteiger partial charge in [0.1, 0.15) is 11.6 Å². The van der Waals surface area contributed by atoms with E-state index in [1.165, 1.54) is 0 Å². The summed E-state index contributed by atoms with van der Waals surface area (Å²) in [6.45, 7) is 0.194. The number of hydrogen-bond acceptors (Lipinski definition) is 3. The van der Waals surface area contributed by atoms with Crippen molar-refractivity contribution in [3.8, 4) is 34.0 Å². The average Bonchev–Trinajstić information content (AvgIpc) is 3.17. The minimum atomic E-state index is -0.512. The van der Waals surface area contributed by atoms with Crippen molar-refractivity contribution in [3.63, 3.8) is 0 Å². The van der Waals surface area contributed by atoms with Crippen molar-refractivity contribution in [2.75, 3.05) is 6.79 Å². The number of rotatable bonds is 2. The van der Waals surface area contributed by atoms with E-state index in [0.29, 0.717) is 22.9 Å². The first-order valence-corrected chi connectivity index (χ1v) is 6.61. The molecule has 2 heterocycles. The molecule has 0 radical (unpaired) electrons. The van der Waals surface area contributed by atoms with Crippen LogP contribution in [0.2, 0.25) is 0 Å². The zero-order valence-corrected chi connectivity index (χ0v) is 11.3. The number of ether oxygens (including phenoxy) is 2. The van der Waals surface area contributed by atoms with Crippen LogP contribution in [0.3, 0.4) is 0 Å².